The largest absolute Gasteiger partial charge is 0.461 e. The molecule has 2 aliphatic heterocycles. The SMILES string of the molecule is CC(C)[C@@H]1NC(=O)[C@@H]2CSSC[C@H](NC(=O)[C@H](C)NC(=O)[C@H](NC(=O)Cn3cnc4nc(N)[nH]c(=O)c43)COC1=O)C(=O)N[C@@H](C(C)C)C(=O)OC[C@@H](NC(=O)Cn1cnc3c(=O)[nH]c(N)nc31)C(=O)N[C@@H](C)C(=O)N2. The number of hydrogen-bond donors (Lipinski definition) is 12. The van der Waals surface area contributed by atoms with Gasteiger partial charge in [0.25, 0.3) is 11.1 Å². The van der Waals surface area contributed by atoms with Crippen LogP contribution < -0.4 is 65.1 Å². The molecule has 0 aromatic carbocycles. The number of rotatable bonds is 8. The summed E-state index contributed by atoms with van der Waals surface area (Å²) in [6, 6.07) is -12.2. The molecule has 4 aromatic rings. The molecule has 32 nitrogen and oxygen atoms in total. The number of amides is 8. The zero-order valence-corrected chi connectivity index (χ0v) is 43.2. The van der Waals surface area contributed by atoms with Gasteiger partial charge in [0.05, 0.1) is 12.7 Å². The Morgan fingerprint density at radius 3 is 1.55 bits per heavy atom. The van der Waals surface area contributed by atoms with Gasteiger partial charge in [0.2, 0.25) is 59.2 Å². The molecule has 410 valence electrons. The number of fused-ring (bicyclic) bond motifs is 7. The van der Waals surface area contributed by atoms with Crippen molar-refractivity contribution in [3.63, 3.8) is 0 Å². The maximum atomic E-state index is 14.1. The molecule has 0 radical (unpaired) electrons. The molecule has 76 heavy (non-hydrogen) atoms. The van der Waals surface area contributed by atoms with E-state index in [1.165, 1.54) is 13.8 Å². The Balaban J connectivity index is 1.29. The number of esters is 2. The van der Waals surface area contributed by atoms with Gasteiger partial charge >= 0.3 is 11.9 Å². The maximum Gasteiger partial charge on any atom is 0.328 e. The van der Waals surface area contributed by atoms with Gasteiger partial charge in [-0.2, -0.15) is 9.97 Å². The van der Waals surface area contributed by atoms with Gasteiger partial charge in [-0.3, -0.25) is 57.9 Å². The topological polar surface area (TPSA) is 465 Å². The number of hydrogen-bond acceptors (Lipinski definition) is 22. The Kier molecular flexibility index (Phi) is 18.6. The van der Waals surface area contributed by atoms with Gasteiger partial charge in [-0.15, -0.1) is 0 Å². The van der Waals surface area contributed by atoms with E-state index in [-0.39, 0.29) is 45.7 Å². The predicted molar refractivity (Wildman–Crippen MR) is 268 cm³/mol. The number of cyclic esters (lactones) is 2. The summed E-state index contributed by atoms with van der Waals surface area (Å²) in [6.07, 6.45) is 2.25. The highest BCUT2D eigenvalue weighted by molar-refractivity contribution is 8.76. The lowest BCUT2D eigenvalue weighted by molar-refractivity contribution is -0.152. The molecule has 6 rings (SSSR count). The van der Waals surface area contributed by atoms with Crippen molar-refractivity contribution in [2.24, 2.45) is 11.8 Å². The van der Waals surface area contributed by atoms with Crippen LogP contribution in [0.25, 0.3) is 22.3 Å². The zero-order valence-electron chi connectivity index (χ0n) is 41.5. The number of carbonyl (C=O) groups excluding carboxylic acids is 10. The third-order valence-corrected chi connectivity index (χ3v) is 13.9. The second-order valence-corrected chi connectivity index (χ2v) is 20.7. The zero-order chi connectivity index (χ0) is 55.7. The van der Waals surface area contributed by atoms with Crippen LogP contribution in [0.5, 0.6) is 0 Å². The minimum absolute atomic E-state index is 0.0700. The lowest BCUT2D eigenvalue weighted by Crippen LogP contribution is -2.60. The van der Waals surface area contributed by atoms with E-state index in [4.69, 9.17) is 20.9 Å². The van der Waals surface area contributed by atoms with E-state index in [1.54, 1.807) is 27.7 Å². The smallest absolute Gasteiger partial charge is 0.328 e. The molecule has 6 heterocycles. The van der Waals surface area contributed by atoms with E-state index >= 15 is 0 Å². The van der Waals surface area contributed by atoms with Crippen molar-refractivity contribution in [2.75, 3.05) is 36.2 Å². The fourth-order valence-electron chi connectivity index (χ4n) is 7.33. The van der Waals surface area contributed by atoms with Crippen LogP contribution >= 0.6 is 21.6 Å². The minimum Gasteiger partial charge on any atom is -0.461 e. The first-order valence-corrected chi connectivity index (χ1v) is 25.8. The number of nitrogens with zero attached hydrogens (tertiary/aromatic N) is 6. The van der Waals surface area contributed by atoms with Crippen molar-refractivity contribution < 1.29 is 57.4 Å². The van der Waals surface area contributed by atoms with E-state index in [0.717, 1.165) is 43.4 Å². The molecule has 2 fully saturated rings. The molecular weight excluding hydrogens is 1040 g/mol. The molecule has 0 spiro atoms. The Labute approximate surface area is 437 Å². The standard InChI is InChI=1S/C42H56N18O14S2/c1-15(2)25-39(71)73-9-19(49-23(61)7-59-14-46-29-28(59)38(70)58-41(43)55-29)33(65)47-17(5)31(63)51-21-11-75-76-12-22(35(67)53-25)52-32(64)18(6)48-34(66)20(10-74-40(72)26(16(3)4)54-36(21)68)50-24(62)8-60-13-45-27-30(60)56-42(44)57-37(27)69/h13-22,25-26H,7-12H2,1-6H3,(H,47,65)(H,48,66)(H,49,61)(H,50,62)(H,51,63)(H,52,64)(H,53,67)(H,54,68)(H3,43,55,58,70)(H3,44,56,57,69)/t17-,18-,19+,20+,21-,22-,25-,26-/m0/s1. The molecule has 0 saturated carbocycles. The fraction of sp³-hybridized carbons (Fsp3) is 0.524. The van der Waals surface area contributed by atoms with Crippen LogP contribution in [0.4, 0.5) is 11.9 Å². The molecule has 8 atom stereocenters. The predicted octanol–water partition coefficient (Wildman–Crippen LogP) is -5.86. The lowest BCUT2D eigenvalue weighted by Gasteiger charge is -2.28. The van der Waals surface area contributed by atoms with E-state index in [9.17, 15) is 57.5 Å². The van der Waals surface area contributed by atoms with Gasteiger partial charge in [0.1, 0.15) is 74.6 Å². The van der Waals surface area contributed by atoms with Crippen LogP contribution in [0, 0.1) is 11.8 Å². The molecular formula is C42H56N18O14S2. The number of aromatic nitrogens is 8. The highest BCUT2D eigenvalue weighted by Gasteiger charge is 2.37. The van der Waals surface area contributed by atoms with Crippen LogP contribution in [0.1, 0.15) is 41.5 Å². The van der Waals surface area contributed by atoms with E-state index in [1.807, 2.05) is 0 Å². The maximum absolute atomic E-state index is 14.1. The molecule has 34 heteroatoms. The first-order valence-electron chi connectivity index (χ1n) is 23.3. The normalized spacial score (nSPS) is 24.3. The second kappa shape index (κ2) is 24.8. The summed E-state index contributed by atoms with van der Waals surface area (Å²) in [5.41, 5.74) is 9.45. The van der Waals surface area contributed by atoms with Gasteiger partial charge in [0, 0.05) is 11.5 Å². The van der Waals surface area contributed by atoms with Crippen molar-refractivity contribution in [1.82, 2.24) is 81.6 Å². The van der Waals surface area contributed by atoms with Gasteiger partial charge in [0.15, 0.2) is 22.3 Å². The first kappa shape index (κ1) is 57.0. The Bertz CT molecular complexity index is 3050. The van der Waals surface area contributed by atoms with Crippen LogP contribution in [0.3, 0.4) is 0 Å². The van der Waals surface area contributed by atoms with Crippen molar-refractivity contribution in [3.8, 4) is 0 Å². The van der Waals surface area contributed by atoms with E-state index < -0.39 is 157 Å². The third-order valence-electron chi connectivity index (χ3n) is 11.5. The third kappa shape index (κ3) is 14.3. The number of ether oxygens (including phenoxy) is 2. The summed E-state index contributed by atoms with van der Waals surface area (Å²) in [4.78, 5) is 184. The van der Waals surface area contributed by atoms with Gasteiger partial charge in [-0.1, -0.05) is 49.3 Å². The Hall–Kier alpha value is -8.30. The molecule has 14 N–H and O–H groups in total. The molecule has 0 unspecified atom stereocenters. The van der Waals surface area contributed by atoms with E-state index in [0.29, 0.717) is 0 Å². The number of anilines is 2. The molecule has 4 aromatic heterocycles. The lowest BCUT2D eigenvalue weighted by atomic mass is 10.0. The van der Waals surface area contributed by atoms with Crippen LogP contribution in [0.15, 0.2) is 22.2 Å². The number of nitrogen functional groups attached to an aromatic ring is 2. The van der Waals surface area contributed by atoms with Gasteiger partial charge < -0.3 is 72.6 Å². The Morgan fingerprint density at radius 1 is 0.618 bits per heavy atom. The van der Waals surface area contributed by atoms with Gasteiger partial charge in [-0.25, -0.2) is 19.6 Å². The quantitative estimate of drug-likeness (QED) is 0.0577. The number of aromatic amines is 2. The van der Waals surface area contributed by atoms with Crippen molar-refractivity contribution >= 4 is 115 Å². The fourth-order valence-corrected chi connectivity index (χ4v) is 9.66. The number of nitrogens with one attached hydrogen (secondary N) is 10. The van der Waals surface area contributed by atoms with Crippen molar-refractivity contribution in [2.45, 2.75) is 103 Å². The number of H-pyrrole nitrogens is 2. The summed E-state index contributed by atoms with van der Waals surface area (Å²) in [5.74, 6) is -12.2. The van der Waals surface area contributed by atoms with Crippen molar-refractivity contribution in [1.29, 1.82) is 0 Å². The van der Waals surface area contributed by atoms with Crippen LogP contribution in [-0.4, -0.2) is 171 Å². The molecule has 2 saturated heterocycles. The second-order valence-electron chi connectivity index (χ2n) is 18.1. The highest BCUT2D eigenvalue weighted by Crippen LogP contribution is 2.24. The molecule has 2 bridgehead atoms. The number of nitrogens with two attached hydrogens (primary N) is 2. The summed E-state index contributed by atoms with van der Waals surface area (Å²) < 4.78 is 13.3. The minimum atomic E-state index is -1.73. The summed E-state index contributed by atoms with van der Waals surface area (Å²) in [6.45, 7) is 5.81. The summed E-state index contributed by atoms with van der Waals surface area (Å²) >= 11 is 0. The monoisotopic (exact) mass is 1100 g/mol. The summed E-state index contributed by atoms with van der Waals surface area (Å²) in [7, 11) is 1.93. The highest BCUT2D eigenvalue weighted by atomic mass is 33.1. The van der Waals surface area contributed by atoms with Crippen LogP contribution in [0.2, 0.25) is 0 Å². The molecule has 2 aliphatic rings. The molecule has 8 amide bonds. The Morgan fingerprint density at radius 2 is 1.07 bits per heavy atom. The summed E-state index contributed by atoms with van der Waals surface area (Å²) in [5, 5.41) is 19.9. The van der Waals surface area contributed by atoms with Crippen LogP contribution in [-0.2, 0) is 70.5 Å². The first-order chi connectivity index (χ1) is 35.9. The van der Waals surface area contributed by atoms with Gasteiger partial charge in [-0.05, 0) is 25.7 Å². The number of imidazole rings is 2. The van der Waals surface area contributed by atoms with E-state index in [2.05, 4.69) is 72.4 Å². The molecule has 0 aliphatic carbocycles. The number of carbonyl (C=O) groups is 10. The van der Waals surface area contributed by atoms with Crippen molar-refractivity contribution in [3.05, 3.63) is 33.4 Å². The average molecular weight is 1100 g/mol. The average Bonchev–Trinajstić information content (AvgIpc) is 3.94.